The van der Waals surface area contributed by atoms with Crippen molar-refractivity contribution in [1.82, 2.24) is 0 Å². The largest absolute Gasteiger partial charge is 0.0710 e. The molecule has 0 amide bonds. The Morgan fingerprint density at radius 3 is 1.54 bits per heavy atom. The van der Waals surface area contributed by atoms with E-state index in [0.29, 0.717) is 0 Å². The molecule has 0 unspecified atom stereocenters. The van der Waals surface area contributed by atoms with Gasteiger partial charge < -0.3 is 0 Å². The van der Waals surface area contributed by atoms with E-state index in [9.17, 15) is 0 Å². The fraction of sp³-hybridized carbons (Fsp3) is 0.400. The molecule has 0 aliphatic heterocycles. The van der Waals surface area contributed by atoms with E-state index in [1.54, 1.807) is 15.6 Å². The highest BCUT2D eigenvalue weighted by molar-refractivity contribution is 6.74. The van der Waals surface area contributed by atoms with E-state index in [4.69, 9.17) is 0 Å². The van der Waals surface area contributed by atoms with Crippen LogP contribution in [0, 0.1) is 0 Å². The van der Waals surface area contributed by atoms with Gasteiger partial charge in [0.2, 0.25) is 0 Å². The van der Waals surface area contributed by atoms with Crippen LogP contribution in [-0.4, -0.2) is 27.8 Å². The lowest BCUT2D eigenvalue weighted by Gasteiger charge is -2.11. The molecule has 0 N–H and O–H groups in total. The second-order valence-electron chi connectivity index (χ2n) is 4.49. The monoisotopic (exact) mass is 224 g/mol. The molecule has 0 saturated heterocycles. The van der Waals surface area contributed by atoms with Crippen LogP contribution in [0.15, 0.2) is 18.2 Å². The van der Waals surface area contributed by atoms with Crippen LogP contribution in [0.2, 0.25) is 26.2 Å². The molecule has 0 heterocycles. The first-order chi connectivity index (χ1) is 6.00. The molecular formula is C10H20Si3. The van der Waals surface area contributed by atoms with E-state index in [1.807, 2.05) is 0 Å². The molecule has 0 spiro atoms. The predicted octanol–water partition coefficient (Wildman–Crippen LogP) is -0.935. The minimum Gasteiger partial charge on any atom is -0.0710 e. The molecular weight excluding hydrogens is 204 g/mol. The molecule has 72 valence electrons. The molecule has 0 nitrogen and oxygen atoms in total. The Kier molecular flexibility index (Phi) is 3.70. The van der Waals surface area contributed by atoms with Gasteiger partial charge in [0.05, 0.1) is 17.6 Å². The fourth-order valence-electron chi connectivity index (χ4n) is 1.51. The fourth-order valence-corrected chi connectivity index (χ4v) is 5.28. The smallest absolute Gasteiger partial charge is 0.0647 e. The van der Waals surface area contributed by atoms with Gasteiger partial charge in [0.15, 0.2) is 0 Å². The maximum absolute atomic E-state index is 2.48. The van der Waals surface area contributed by atoms with Crippen LogP contribution in [0.25, 0.3) is 0 Å². The average Bonchev–Trinajstić information content (AvgIpc) is 2.03. The van der Waals surface area contributed by atoms with Crippen LogP contribution >= 0.6 is 0 Å². The SMILES string of the molecule is C[SiH](C)c1cc([SiH3])cc([SiH](C)C)c1. The number of benzene rings is 1. The number of hydrogen-bond donors (Lipinski definition) is 0. The van der Waals surface area contributed by atoms with E-state index in [1.165, 1.54) is 10.2 Å². The minimum absolute atomic E-state index is 0.582. The first-order valence-electron chi connectivity index (χ1n) is 5.12. The molecule has 0 radical (unpaired) electrons. The van der Waals surface area contributed by atoms with Crippen LogP contribution in [0.5, 0.6) is 0 Å². The lowest BCUT2D eigenvalue weighted by atomic mass is 10.3. The van der Waals surface area contributed by atoms with Gasteiger partial charge in [-0.05, 0) is 0 Å². The topological polar surface area (TPSA) is 0 Å². The van der Waals surface area contributed by atoms with Gasteiger partial charge in [0.25, 0.3) is 0 Å². The molecule has 1 aromatic rings. The number of hydrogen-bond acceptors (Lipinski definition) is 0. The molecule has 1 rings (SSSR count). The molecule has 0 bridgehead atoms. The van der Waals surface area contributed by atoms with Crippen LogP contribution in [0.3, 0.4) is 0 Å². The second kappa shape index (κ2) is 4.39. The third-order valence-electron chi connectivity index (χ3n) is 2.46. The first-order valence-corrected chi connectivity index (χ1v) is 11.9. The molecule has 3 heteroatoms. The van der Waals surface area contributed by atoms with Crippen molar-refractivity contribution in [2.75, 3.05) is 0 Å². The summed E-state index contributed by atoms with van der Waals surface area (Å²) in [6.45, 7) is 9.67. The normalized spacial score (nSPS) is 11.5. The van der Waals surface area contributed by atoms with Crippen molar-refractivity contribution in [3.05, 3.63) is 18.2 Å². The second-order valence-corrected chi connectivity index (χ2v) is 11.6. The Morgan fingerprint density at radius 2 is 1.23 bits per heavy atom. The van der Waals surface area contributed by atoms with Crippen molar-refractivity contribution < 1.29 is 0 Å². The maximum Gasteiger partial charge on any atom is 0.0647 e. The van der Waals surface area contributed by atoms with E-state index < -0.39 is 17.6 Å². The molecule has 0 aliphatic carbocycles. The quantitative estimate of drug-likeness (QED) is 0.569. The average molecular weight is 225 g/mol. The third-order valence-corrected chi connectivity index (χ3v) is 6.37. The van der Waals surface area contributed by atoms with Crippen molar-refractivity contribution in [2.24, 2.45) is 0 Å². The van der Waals surface area contributed by atoms with Gasteiger partial charge >= 0.3 is 0 Å². The first kappa shape index (κ1) is 10.9. The Bertz CT molecular complexity index is 266. The summed E-state index contributed by atoms with van der Waals surface area (Å²) in [7, 11) is 0.0436. The highest BCUT2D eigenvalue weighted by Gasteiger charge is 2.06. The van der Waals surface area contributed by atoms with Crippen molar-refractivity contribution in [3.8, 4) is 0 Å². The Labute approximate surface area is 88.0 Å². The van der Waals surface area contributed by atoms with Crippen molar-refractivity contribution >= 4 is 43.4 Å². The van der Waals surface area contributed by atoms with Crippen molar-refractivity contribution in [2.45, 2.75) is 26.2 Å². The van der Waals surface area contributed by atoms with Gasteiger partial charge in [0, 0.05) is 10.2 Å². The predicted molar refractivity (Wildman–Crippen MR) is 73.0 cm³/mol. The minimum atomic E-state index is -0.582. The third kappa shape index (κ3) is 2.93. The zero-order valence-corrected chi connectivity index (χ0v) is 13.7. The van der Waals surface area contributed by atoms with Crippen LogP contribution < -0.4 is 15.6 Å². The van der Waals surface area contributed by atoms with Gasteiger partial charge in [-0.25, -0.2) is 0 Å². The Balaban J connectivity index is 3.11. The summed E-state index contributed by atoms with van der Waals surface area (Å²) in [5, 5.41) is 4.93. The molecule has 0 fully saturated rings. The van der Waals surface area contributed by atoms with Crippen LogP contribution in [-0.2, 0) is 0 Å². The van der Waals surface area contributed by atoms with Gasteiger partial charge in [-0.2, -0.15) is 0 Å². The number of rotatable bonds is 2. The summed E-state index contributed by atoms with van der Waals surface area (Å²) < 4.78 is 0. The summed E-state index contributed by atoms with van der Waals surface area (Å²) >= 11 is 0. The van der Waals surface area contributed by atoms with E-state index in [-0.39, 0.29) is 0 Å². The Hall–Kier alpha value is -0.129. The molecule has 13 heavy (non-hydrogen) atoms. The highest BCUT2D eigenvalue weighted by Crippen LogP contribution is 1.87. The Morgan fingerprint density at radius 1 is 0.846 bits per heavy atom. The lowest BCUT2D eigenvalue weighted by Crippen LogP contribution is -2.35. The zero-order chi connectivity index (χ0) is 10.0. The van der Waals surface area contributed by atoms with Gasteiger partial charge in [-0.1, -0.05) is 59.9 Å². The van der Waals surface area contributed by atoms with Gasteiger partial charge in [0.1, 0.15) is 0 Å². The summed E-state index contributed by atoms with van der Waals surface area (Å²) in [4.78, 5) is 0. The van der Waals surface area contributed by atoms with Crippen molar-refractivity contribution in [3.63, 3.8) is 0 Å². The van der Waals surface area contributed by atoms with E-state index in [0.717, 1.165) is 0 Å². The molecule has 0 aliphatic rings. The molecule has 0 saturated carbocycles. The summed E-state index contributed by atoms with van der Waals surface area (Å²) in [5.41, 5.74) is 0. The van der Waals surface area contributed by atoms with E-state index >= 15 is 0 Å². The van der Waals surface area contributed by atoms with Crippen LogP contribution in [0.1, 0.15) is 0 Å². The summed E-state index contributed by atoms with van der Waals surface area (Å²) in [6, 6.07) is 7.35. The van der Waals surface area contributed by atoms with Crippen molar-refractivity contribution in [1.29, 1.82) is 0 Å². The summed E-state index contributed by atoms with van der Waals surface area (Å²) in [5.74, 6) is 0. The van der Waals surface area contributed by atoms with E-state index in [2.05, 4.69) is 44.4 Å². The maximum atomic E-state index is 2.48. The highest BCUT2D eigenvalue weighted by atomic mass is 28.3. The molecule has 0 aromatic heterocycles. The molecule has 1 aromatic carbocycles. The van der Waals surface area contributed by atoms with Crippen LogP contribution in [0.4, 0.5) is 0 Å². The van der Waals surface area contributed by atoms with Gasteiger partial charge in [-0.15, -0.1) is 0 Å². The zero-order valence-electron chi connectivity index (χ0n) is 9.39. The lowest BCUT2D eigenvalue weighted by molar-refractivity contribution is 1.81. The molecule has 0 atom stereocenters. The standard InChI is InChI=1S/C10H20Si3/c1-12(2)9-5-8(11)6-10(7-9)13(3)4/h5-7,12-13H,1-4,11H3. The van der Waals surface area contributed by atoms with Gasteiger partial charge in [-0.3, -0.25) is 0 Å². The summed E-state index contributed by atoms with van der Waals surface area (Å²) in [6.07, 6.45) is 0.